The first-order chi connectivity index (χ1) is 7.65. The van der Waals surface area contributed by atoms with Gasteiger partial charge in [-0.05, 0) is 26.0 Å². The highest BCUT2D eigenvalue weighted by molar-refractivity contribution is 5.43. The molecule has 1 aromatic heterocycles. The summed E-state index contributed by atoms with van der Waals surface area (Å²) in [5, 5.41) is 13.1. The molecule has 0 bridgehead atoms. The lowest BCUT2D eigenvalue weighted by Crippen LogP contribution is -2.01. The molecule has 3 nitrogen and oxygen atoms in total. The van der Waals surface area contributed by atoms with Crippen molar-refractivity contribution in [1.82, 2.24) is 9.78 Å². The molecule has 0 aliphatic carbocycles. The summed E-state index contributed by atoms with van der Waals surface area (Å²) >= 11 is 0. The Kier molecular flexibility index (Phi) is 2.45. The third kappa shape index (κ3) is 1.47. The highest BCUT2D eigenvalue weighted by Crippen LogP contribution is 2.18. The van der Waals surface area contributed by atoms with Crippen molar-refractivity contribution in [2.45, 2.75) is 13.8 Å². The van der Waals surface area contributed by atoms with Gasteiger partial charge in [0.15, 0.2) is 0 Å². The number of hydrogen-bond donors (Lipinski definition) is 0. The first-order valence-electron chi connectivity index (χ1n) is 4.86. The number of hydrogen-bond acceptors (Lipinski definition) is 2. The van der Waals surface area contributed by atoms with Crippen molar-refractivity contribution in [3.8, 4) is 11.8 Å². The molecule has 0 fully saturated rings. The molecule has 2 rings (SSSR count). The third-order valence-corrected chi connectivity index (χ3v) is 2.48. The van der Waals surface area contributed by atoms with Gasteiger partial charge >= 0.3 is 0 Å². The second-order valence-electron chi connectivity index (χ2n) is 3.52. The summed E-state index contributed by atoms with van der Waals surface area (Å²) in [6, 6.07) is 8.43. The normalized spacial score (nSPS) is 10.1. The number of aromatic nitrogens is 2. The maximum atomic E-state index is 13.6. The van der Waals surface area contributed by atoms with E-state index in [0.29, 0.717) is 22.6 Å². The standard InChI is InChI=1S/C12H10FN3/c1-8-10(7-14)9(2)16(15-8)12-6-4-3-5-11(12)13/h3-6H,1-2H3. The molecule has 0 spiro atoms. The monoisotopic (exact) mass is 215 g/mol. The van der Waals surface area contributed by atoms with Gasteiger partial charge in [-0.15, -0.1) is 0 Å². The predicted molar refractivity (Wildman–Crippen MR) is 57.7 cm³/mol. The van der Waals surface area contributed by atoms with Crippen LogP contribution >= 0.6 is 0 Å². The highest BCUT2D eigenvalue weighted by Gasteiger charge is 2.14. The Balaban J connectivity index is 2.68. The Morgan fingerprint density at radius 3 is 2.56 bits per heavy atom. The van der Waals surface area contributed by atoms with Gasteiger partial charge < -0.3 is 0 Å². The van der Waals surface area contributed by atoms with E-state index < -0.39 is 0 Å². The van der Waals surface area contributed by atoms with E-state index in [1.54, 1.807) is 32.0 Å². The van der Waals surface area contributed by atoms with Crippen molar-refractivity contribution >= 4 is 0 Å². The van der Waals surface area contributed by atoms with Crippen molar-refractivity contribution < 1.29 is 4.39 Å². The SMILES string of the molecule is Cc1nn(-c2ccccc2F)c(C)c1C#N. The van der Waals surface area contributed by atoms with Crippen LogP contribution in [-0.2, 0) is 0 Å². The van der Waals surface area contributed by atoms with E-state index in [4.69, 9.17) is 5.26 Å². The topological polar surface area (TPSA) is 41.6 Å². The van der Waals surface area contributed by atoms with E-state index in [-0.39, 0.29) is 5.82 Å². The fraction of sp³-hybridized carbons (Fsp3) is 0.167. The molecule has 0 amide bonds. The maximum absolute atomic E-state index is 13.6. The van der Waals surface area contributed by atoms with E-state index in [2.05, 4.69) is 11.2 Å². The van der Waals surface area contributed by atoms with Crippen LogP contribution in [0.1, 0.15) is 17.0 Å². The smallest absolute Gasteiger partial charge is 0.148 e. The quantitative estimate of drug-likeness (QED) is 0.733. The second-order valence-corrected chi connectivity index (χ2v) is 3.52. The van der Waals surface area contributed by atoms with E-state index in [1.807, 2.05) is 0 Å². The predicted octanol–water partition coefficient (Wildman–Crippen LogP) is 2.50. The molecule has 0 aliphatic rings. The molecular formula is C12H10FN3. The van der Waals surface area contributed by atoms with Gasteiger partial charge in [0.05, 0.1) is 17.0 Å². The minimum atomic E-state index is -0.349. The van der Waals surface area contributed by atoms with Gasteiger partial charge in [-0.3, -0.25) is 0 Å². The van der Waals surface area contributed by atoms with E-state index >= 15 is 0 Å². The van der Waals surface area contributed by atoms with Crippen molar-refractivity contribution in [2.75, 3.05) is 0 Å². The number of para-hydroxylation sites is 1. The summed E-state index contributed by atoms with van der Waals surface area (Å²) in [6.45, 7) is 3.49. The Morgan fingerprint density at radius 1 is 1.31 bits per heavy atom. The zero-order valence-electron chi connectivity index (χ0n) is 9.03. The lowest BCUT2D eigenvalue weighted by molar-refractivity contribution is 0.608. The van der Waals surface area contributed by atoms with Gasteiger partial charge in [0.2, 0.25) is 0 Å². The van der Waals surface area contributed by atoms with Gasteiger partial charge in [0.25, 0.3) is 0 Å². The Labute approximate surface area is 92.7 Å². The number of aryl methyl sites for hydroxylation is 1. The molecule has 16 heavy (non-hydrogen) atoms. The summed E-state index contributed by atoms with van der Waals surface area (Å²) in [5.74, 6) is -0.349. The molecule has 0 unspecified atom stereocenters. The third-order valence-electron chi connectivity index (χ3n) is 2.48. The molecule has 80 valence electrons. The Morgan fingerprint density at radius 2 is 2.00 bits per heavy atom. The van der Waals surface area contributed by atoms with Crippen molar-refractivity contribution in [2.24, 2.45) is 0 Å². The average Bonchev–Trinajstić information content (AvgIpc) is 2.55. The van der Waals surface area contributed by atoms with Crippen LogP contribution in [0.5, 0.6) is 0 Å². The van der Waals surface area contributed by atoms with Gasteiger partial charge in [0.1, 0.15) is 17.6 Å². The van der Waals surface area contributed by atoms with Gasteiger partial charge in [-0.25, -0.2) is 9.07 Å². The van der Waals surface area contributed by atoms with Crippen LogP contribution < -0.4 is 0 Å². The molecule has 0 atom stereocenters. The van der Waals surface area contributed by atoms with Gasteiger partial charge in [-0.1, -0.05) is 12.1 Å². The van der Waals surface area contributed by atoms with Crippen LogP contribution in [0.25, 0.3) is 5.69 Å². The lowest BCUT2D eigenvalue weighted by atomic mass is 10.2. The molecule has 0 saturated carbocycles. The van der Waals surface area contributed by atoms with E-state index in [0.717, 1.165) is 0 Å². The lowest BCUT2D eigenvalue weighted by Gasteiger charge is -2.04. The second kappa shape index (κ2) is 3.78. The van der Waals surface area contributed by atoms with Crippen LogP contribution in [0.15, 0.2) is 24.3 Å². The van der Waals surface area contributed by atoms with Crippen molar-refractivity contribution in [3.63, 3.8) is 0 Å². The minimum absolute atomic E-state index is 0.349. The van der Waals surface area contributed by atoms with Gasteiger partial charge in [0, 0.05) is 0 Å². The maximum Gasteiger partial charge on any atom is 0.148 e. The van der Waals surface area contributed by atoms with Crippen LogP contribution in [0.2, 0.25) is 0 Å². The summed E-state index contributed by atoms with van der Waals surface area (Å²) in [7, 11) is 0. The van der Waals surface area contributed by atoms with Crippen LogP contribution in [0.4, 0.5) is 4.39 Å². The molecule has 1 heterocycles. The summed E-state index contributed by atoms with van der Waals surface area (Å²) in [4.78, 5) is 0. The number of rotatable bonds is 1. The number of benzene rings is 1. The Bertz CT molecular complexity index is 578. The first kappa shape index (κ1) is 10.4. The molecule has 0 aliphatic heterocycles. The van der Waals surface area contributed by atoms with E-state index in [1.165, 1.54) is 10.7 Å². The van der Waals surface area contributed by atoms with E-state index in [9.17, 15) is 4.39 Å². The molecule has 0 radical (unpaired) electrons. The largest absolute Gasteiger partial charge is 0.233 e. The first-order valence-corrected chi connectivity index (χ1v) is 4.86. The molecular weight excluding hydrogens is 205 g/mol. The molecule has 0 saturated heterocycles. The van der Waals surface area contributed by atoms with Crippen molar-refractivity contribution in [1.29, 1.82) is 5.26 Å². The summed E-state index contributed by atoms with van der Waals surface area (Å²) in [5.41, 5.74) is 2.14. The van der Waals surface area contributed by atoms with Crippen LogP contribution in [0, 0.1) is 31.0 Å². The zero-order chi connectivity index (χ0) is 11.7. The number of nitriles is 1. The number of halogens is 1. The van der Waals surface area contributed by atoms with Crippen LogP contribution in [0.3, 0.4) is 0 Å². The fourth-order valence-corrected chi connectivity index (χ4v) is 1.66. The van der Waals surface area contributed by atoms with Gasteiger partial charge in [-0.2, -0.15) is 10.4 Å². The summed E-state index contributed by atoms with van der Waals surface area (Å²) < 4.78 is 15.0. The Hall–Kier alpha value is -2.15. The molecule has 0 N–H and O–H groups in total. The highest BCUT2D eigenvalue weighted by atomic mass is 19.1. The fourth-order valence-electron chi connectivity index (χ4n) is 1.66. The zero-order valence-corrected chi connectivity index (χ0v) is 9.03. The number of nitrogens with zero attached hydrogens (tertiary/aromatic N) is 3. The summed E-state index contributed by atoms with van der Waals surface area (Å²) in [6.07, 6.45) is 0. The average molecular weight is 215 g/mol. The minimum Gasteiger partial charge on any atom is -0.233 e. The molecule has 4 heteroatoms. The van der Waals surface area contributed by atoms with Crippen molar-refractivity contribution in [3.05, 3.63) is 47.0 Å². The molecule has 1 aromatic carbocycles. The van der Waals surface area contributed by atoms with Crippen LogP contribution in [-0.4, -0.2) is 9.78 Å². The molecule has 2 aromatic rings.